The van der Waals surface area contributed by atoms with Gasteiger partial charge in [-0.2, -0.15) is 0 Å². The van der Waals surface area contributed by atoms with Gasteiger partial charge in [-0.15, -0.1) is 0 Å². The van der Waals surface area contributed by atoms with Gasteiger partial charge in [-0.3, -0.25) is 20.2 Å². The van der Waals surface area contributed by atoms with Gasteiger partial charge >= 0.3 is 5.97 Å². The van der Waals surface area contributed by atoms with Crippen LogP contribution in [0.3, 0.4) is 0 Å². The SMILES string of the molecule is CCOc1cc(/C=C2\N=C(c3ccc([N+](=O)[O-])cc3Cl)OC2=O)ccc1OCc1ccc([N+](=O)[O-])cc1. The summed E-state index contributed by atoms with van der Waals surface area (Å²) in [6, 6.07) is 14.8. The van der Waals surface area contributed by atoms with Crippen molar-refractivity contribution in [2.45, 2.75) is 13.5 Å². The summed E-state index contributed by atoms with van der Waals surface area (Å²) in [4.78, 5) is 37.3. The number of cyclic esters (lactones) is 1. The lowest BCUT2D eigenvalue weighted by Gasteiger charge is -2.13. The van der Waals surface area contributed by atoms with E-state index in [4.69, 9.17) is 25.8 Å². The Hall–Kier alpha value is -4.77. The van der Waals surface area contributed by atoms with Crippen LogP contribution in [0.5, 0.6) is 11.5 Å². The number of non-ortho nitro benzene ring substituents is 2. The Morgan fingerprint density at radius 2 is 1.65 bits per heavy atom. The van der Waals surface area contributed by atoms with E-state index in [-0.39, 0.29) is 40.2 Å². The first-order valence-corrected chi connectivity index (χ1v) is 11.2. The van der Waals surface area contributed by atoms with E-state index in [1.807, 2.05) is 6.92 Å². The van der Waals surface area contributed by atoms with Crippen LogP contribution in [0.2, 0.25) is 5.02 Å². The fourth-order valence-corrected chi connectivity index (χ4v) is 3.61. The maximum Gasteiger partial charge on any atom is 0.363 e. The molecule has 0 aliphatic carbocycles. The quantitative estimate of drug-likeness (QED) is 0.155. The molecule has 0 unspecified atom stereocenters. The highest BCUT2D eigenvalue weighted by atomic mass is 35.5. The Balaban J connectivity index is 1.54. The van der Waals surface area contributed by atoms with Crippen molar-refractivity contribution in [2.24, 2.45) is 4.99 Å². The molecule has 0 radical (unpaired) electrons. The van der Waals surface area contributed by atoms with Crippen LogP contribution in [-0.2, 0) is 16.1 Å². The van der Waals surface area contributed by atoms with Crippen molar-refractivity contribution in [3.05, 3.63) is 108 Å². The number of halogens is 1. The van der Waals surface area contributed by atoms with E-state index in [0.29, 0.717) is 23.7 Å². The van der Waals surface area contributed by atoms with E-state index in [1.165, 1.54) is 30.3 Å². The standard InChI is InChI=1S/C25H18ClN3O8/c1-2-35-23-12-16(5-10-22(23)36-14-15-3-6-17(7-4-15)28(31)32)11-21-25(30)37-24(27-21)19-9-8-18(29(33)34)13-20(19)26/h3-13H,2,14H2,1H3/b21-11-. The van der Waals surface area contributed by atoms with E-state index < -0.39 is 15.8 Å². The molecule has 1 aliphatic heterocycles. The lowest BCUT2D eigenvalue weighted by atomic mass is 10.1. The number of carbonyl (C=O) groups is 1. The summed E-state index contributed by atoms with van der Waals surface area (Å²) in [5, 5.41) is 21.8. The second-order valence-corrected chi connectivity index (χ2v) is 8.02. The van der Waals surface area contributed by atoms with Crippen molar-refractivity contribution in [2.75, 3.05) is 6.61 Å². The summed E-state index contributed by atoms with van der Waals surface area (Å²) < 4.78 is 16.7. The van der Waals surface area contributed by atoms with Gasteiger partial charge in [0.1, 0.15) is 6.61 Å². The maximum atomic E-state index is 12.4. The number of ether oxygens (including phenoxy) is 3. The molecule has 0 saturated carbocycles. The second kappa shape index (κ2) is 10.9. The number of aliphatic imine (C=N–C) groups is 1. The minimum absolute atomic E-state index is 0.00594. The summed E-state index contributed by atoms with van der Waals surface area (Å²) in [6.45, 7) is 2.33. The monoisotopic (exact) mass is 523 g/mol. The number of hydrogen-bond acceptors (Lipinski definition) is 9. The Morgan fingerprint density at radius 1 is 0.946 bits per heavy atom. The molecule has 11 nitrogen and oxygen atoms in total. The third-order valence-corrected chi connectivity index (χ3v) is 5.44. The molecule has 0 spiro atoms. The Kier molecular flexibility index (Phi) is 7.44. The summed E-state index contributed by atoms with van der Waals surface area (Å²) in [5.74, 6) is 0.0936. The average molecular weight is 524 g/mol. The molecule has 188 valence electrons. The maximum absolute atomic E-state index is 12.4. The largest absolute Gasteiger partial charge is 0.490 e. The molecular formula is C25H18ClN3O8. The number of carbonyl (C=O) groups excluding carboxylic acids is 1. The number of nitro groups is 2. The number of esters is 1. The molecule has 0 saturated heterocycles. The van der Waals surface area contributed by atoms with Crippen molar-refractivity contribution in [3.63, 3.8) is 0 Å². The van der Waals surface area contributed by atoms with E-state index in [1.54, 1.807) is 30.3 Å². The molecule has 0 N–H and O–H groups in total. The van der Waals surface area contributed by atoms with Crippen molar-refractivity contribution in [1.82, 2.24) is 0 Å². The molecule has 0 fully saturated rings. The van der Waals surface area contributed by atoms with Gasteiger partial charge in [0.05, 0.1) is 27.0 Å². The van der Waals surface area contributed by atoms with Gasteiger partial charge in [-0.1, -0.05) is 17.7 Å². The van der Waals surface area contributed by atoms with Gasteiger partial charge in [0.2, 0.25) is 5.90 Å². The van der Waals surface area contributed by atoms with Crippen LogP contribution in [0.1, 0.15) is 23.6 Å². The predicted molar refractivity (Wildman–Crippen MR) is 134 cm³/mol. The van der Waals surface area contributed by atoms with Crippen molar-refractivity contribution in [1.29, 1.82) is 0 Å². The molecule has 0 atom stereocenters. The van der Waals surface area contributed by atoms with Crippen LogP contribution in [0.4, 0.5) is 11.4 Å². The zero-order valence-electron chi connectivity index (χ0n) is 19.3. The van der Waals surface area contributed by atoms with Crippen LogP contribution in [0.25, 0.3) is 6.08 Å². The van der Waals surface area contributed by atoms with Crippen LogP contribution >= 0.6 is 11.6 Å². The topological polar surface area (TPSA) is 143 Å². The molecule has 12 heteroatoms. The first-order valence-electron chi connectivity index (χ1n) is 10.8. The number of hydrogen-bond donors (Lipinski definition) is 0. The molecule has 1 aliphatic rings. The summed E-state index contributed by atoms with van der Waals surface area (Å²) in [7, 11) is 0. The van der Waals surface area contributed by atoms with Crippen LogP contribution in [0.15, 0.2) is 71.4 Å². The number of nitro benzene ring substituents is 2. The Bertz CT molecular complexity index is 1450. The summed E-state index contributed by atoms with van der Waals surface area (Å²) >= 11 is 6.12. The summed E-state index contributed by atoms with van der Waals surface area (Å²) in [6.07, 6.45) is 1.50. The van der Waals surface area contributed by atoms with Gasteiger partial charge in [0, 0.05) is 24.3 Å². The van der Waals surface area contributed by atoms with Gasteiger partial charge in [-0.25, -0.2) is 9.79 Å². The number of nitrogens with zero attached hydrogens (tertiary/aromatic N) is 3. The minimum Gasteiger partial charge on any atom is -0.490 e. The molecule has 3 aromatic rings. The fourth-order valence-electron chi connectivity index (χ4n) is 3.35. The minimum atomic E-state index is -0.708. The first kappa shape index (κ1) is 25.3. The van der Waals surface area contributed by atoms with Crippen LogP contribution < -0.4 is 9.47 Å². The molecule has 0 aromatic heterocycles. The third kappa shape index (κ3) is 5.90. The molecular weight excluding hydrogens is 506 g/mol. The Morgan fingerprint density at radius 3 is 2.30 bits per heavy atom. The fraction of sp³-hybridized carbons (Fsp3) is 0.120. The molecule has 1 heterocycles. The van der Waals surface area contributed by atoms with E-state index in [0.717, 1.165) is 11.6 Å². The van der Waals surface area contributed by atoms with Crippen LogP contribution in [-0.4, -0.2) is 28.3 Å². The molecule has 0 bridgehead atoms. The van der Waals surface area contributed by atoms with Crippen molar-refractivity contribution >= 4 is 40.9 Å². The first-order chi connectivity index (χ1) is 17.7. The highest BCUT2D eigenvalue weighted by Gasteiger charge is 2.26. The lowest BCUT2D eigenvalue weighted by molar-refractivity contribution is -0.385. The molecule has 3 aromatic carbocycles. The van der Waals surface area contributed by atoms with Gasteiger partial charge in [-0.05, 0) is 54.5 Å². The molecule has 37 heavy (non-hydrogen) atoms. The second-order valence-electron chi connectivity index (χ2n) is 7.61. The van der Waals surface area contributed by atoms with Crippen molar-refractivity contribution < 1.29 is 28.9 Å². The zero-order chi connectivity index (χ0) is 26.5. The lowest BCUT2D eigenvalue weighted by Crippen LogP contribution is -2.06. The third-order valence-electron chi connectivity index (χ3n) is 5.13. The van der Waals surface area contributed by atoms with Gasteiger partial charge in [0.25, 0.3) is 11.4 Å². The number of benzene rings is 3. The smallest absolute Gasteiger partial charge is 0.363 e. The van der Waals surface area contributed by atoms with Gasteiger partial charge in [0.15, 0.2) is 17.2 Å². The summed E-state index contributed by atoms with van der Waals surface area (Å²) in [5.41, 5.74) is 1.36. The van der Waals surface area contributed by atoms with E-state index in [9.17, 15) is 25.0 Å². The van der Waals surface area contributed by atoms with E-state index in [2.05, 4.69) is 4.99 Å². The molecule has 0 amide bonds. The van der Waals surface area contributed by atoms with Crippen molar-refractivity contribution in [3.8, 4) is 11.5 Å². The highest BCUT2D eigenvalue weighted by molar-refractivity contribution is 6.34. The zero-order valence-corrected chi connectivity index (χ0v) is 20.0. The number of rotatable bonds is 9. The predicted octanol–water partition coefficient (Wildman–Crippen LogP) is 5.48. The van der Waals surface area contributed by atoms with Gasteiger partial charge < -0.3 is 14.2 Å². The molecule has 4 rings (SSSR count). The van der Waals surface area contributed by atoms with Crippen LogP contribution in [0, 0.1) is 20.2 Å². The average Bonchev–Trinajstić information content (AvgIpc) is 3.23. The normalized spacial score (nSPS) is 13.7. The van der Waals surface area contributed by atoms with E-state index >= 15 is 0 Å². The Labute approximate surface area is 214 Å². The highest BCUT2D eigenvalue weighted by Crippen LogP contribution is 2.32.